The second-order valence-electron chi connectivity index (χ2n) is 4.37. The monoisotopic (exact) mass is 331 g/mol. The molecule has 1 aromatic carbocycles. The molecular formula is C13H18INO. The number of benzene rings is 1. The normalized spacial score (nSPS) is 25.4. The van der Waals surface area contributed by atoms with Crippen molar-refractivity contribution in [3.8, 4) is 0 Å². The van der Waals surface area contributed by atoms with Gasteiger partial charge in [0.1, 0.15) is 0 Å². The average Bonchev–Trinajstić information content (AvgIpc) is 2.32. The predicted octanol–water partition coefficient (Wildman–Crippen LogP) is 3.66. The average molecular weight is 331 g/mol. The third kappa shape index (κ3) is 3.35. The molecular weight excluding hydrogens is 313 g/mol. The molecule has 0 spiro atoms. The molecule has 1 aliphatic rings. The molecule has 1 aliphatic carbocycles. The molecule has 0 heterocycles. The zero-order chi connectivity index (χ0) is 11.4. The molecule has 3 heteroatoms. The van der Waals surface area contributed by atoms with E-state index in [1.165, 1.54) is 28.5 Å². The van der Waals surface area contributed by atoms with Crippen molar-refractivity contribution in [2.45, 2.75) is 37.8 Å². The third-order valence-electron chi connectivity index (χ3n) is 3.17. The summed E-state index contributed by atoms with van der Waals surface area (Å²) in [5.74, 6) is 0. The highest BCUT2D eigenvalue weighted by Crippen LogP contribution is 2.24. The Labute approximate surface area is 111 Å². The molecule has 88 valence electrons. The fraction of sp³-hybridized carbons (Fsp3) is 0.538. The largest absolute Gasteiger partial charge is 0.382 e. The molecule has 0 aliphatic heterocycles. The fourth-order valence-electron chi connectivity index (χ4n) is 2.27. The lowest BCUT2D eigenvalue weighted by atomic mass is 9.92. The van der Waals surface area contributed by atoms with Gasteiger partial charge in [0.25, 0.3) is 0 Å². The van der Waals surface area contributed by atoms with Crippen molar-refractivity contribution in [2.75, 3.05) is 12.4 Å². The van der Waals surface area contributed by atoms with Crippen LogP contribution in [0.2, 0.25) is 0 Å². The lowest BCUT2D eigenvalue weighted by Gasteiger charge is -2.29. The summed E-state index contributed by atoms with van der Waals surface area (Å²) in [6.07, 6.45) is 5.30. The van der Waals surface area contributed by atoms with E-state index in [1.54, 1.807) is 0 Å². The lowest BCUT2D eigenvalue weighted by Crippen LogP contribution is -2.30. The van der Waals surface area contributed by atoms with Crippen molar-refractivity contribution in [3.05, 3.63) is 27.8 Å². The molecule has 16 heavy (non-hydrogen) atoms. The van der Waals surface area contributed by atoms with Crippen LogP contribution in [0.5, 0.6) is 0 Å². The van der Waals surface area contributed by atoms with E-state index in [1.807, 2.05) is 7.11 Å². The van der Waals surface area contributed by atoms with E-state index in [0.717, 1.165) is 6.42 Å². The summed E-state index contributed by atoms with van der Waals surface area (Å²) >= 11 is 2.33. The molecule has 2 nitrogen and oxygen atoms in total. The third-order valence-corrected chi connectivity index (χ3v) is 3.89. The number of hydrogen-bond donors (Lipinski definition) is 1. The Morgan fingerprint density at radius 2 is 2.00 bits per heavy atom. The van der Waals surface area contributed by atoms with Crippen LogP contribution >= 0.6 is 22.6 Å². The number of anilines is 1. The van der Waals surface area contributed by atoms with Crippen LogP contribution in [-0.4, -0.2) is 19.3 Å². The Hall–Kier alpha value is -0.290. The van der Waals surface area contributed by atoms with Crippen LogP contribution in [0.25, 0.3) is 0 Å². The van der Waals surface area contributed by atoms with Crippen molar-refractivity contribution < 1.29 is 4.74 Å². The lowest BCUT2D eigenvalue weighted by molar-refractivity contribution is 0.0669. The first-order valence-corrected chi connectivity index (χ1v) is 6.90. The van der Waals surface area contributed by atoms with Crippen LogP contribution in [0.1, 0.15) is 25.7 Å². The Balaban J connectivity index is 1.91. The van der Waals surface area contributed by atoms with Crippen LogP contribution in [0, 0.1) is 3.57 Å². The number of ether oxygens (including phenoxy) is 1. The van der Waals surface area contributed by atoms with E-state index < -0.39 is 0 Å². The van der Waals surface area contributed by atoms with Crippen molar-refractivity contribution >= 4 is 28.3 Å². The van der Waals surface area contributed by atoms with E-state index >= 15 is 0 Å². The smallest absolute Gasteiger partial charge is 0.0590 e. The van der Waals surface area contributed by atoms with Gasteiger partial charge in [-0.05, 0) is 72.5 Å². The molecule has 0 amide bonds. The van der Waals surface area contributed by atoms with Crippen molar-refractivity contribution in [1.82, 2.24) is 0 Å². The zero-order valence-electron chi connectivity index (χ0n) is 9.58. The van der Waals surface area contributed by atoms with Crippen molar-refractivity contribution in [1.29, 1.82) is 0 Å². The minimum Gasteiger partial charge on any atom is -0.382 e. The molecule has 2 atom stereocenters. The van der Waals surface area contributed by atoms with Gasteiger partial charge >= 0.3 is 0 Å². The number of methoxy groups -OCH3 is 1. The van der Waals surface area contributed by atoms with Crippen molar-refractivity contribution in [3.63, 3.8) is 0 Å². The molecule has 0 bridgehead atoms. The quantitative estimate of drug-likeness (QED) is 0.854. The summed E-state index contributed by atoms with van der Waals surface area (Å²) in [5, 5.41) is 3.59. The minimum atomic E-state index is 0.440. The van der Waals surface area contributed by atoms with Crippen LogP contribution in [0.4, 0.5) is 5.69 Å². The van der Waals surface area contributed by atoms with Crippen LogP contribution in [-0.2, 0) is 4.74 Å². The highest BCUT2D eigenvalue weighted by molar-refractivity contribution is 14.1. The first-order chi connectivity index (χ1) is 7.78. The summed E-state index contributed by atoms with van der Waals surface area (Å²) in [5.41, 5.74) is 1.22. The molecule has 0 saturated heterocycles. The summed E-state index contributed by atoms with van der Waals surface area (Å²) in [6, 6.07) is 9.15. The van der Waals surface area contributed by atoms with E-state index in [4.69, 9.17) is 4.74 Å². The number of halogens is 1. The van der Waals surface area contributed by atoms with Gasteiger partial charge in [0, 0.05) is 22.4 Å². The molecule has 0 radical (unpaired) electrons. The predicted molar refractivity (Wildman–Crippen MR) is 75.8 cm³/mol. The highest BCUT2D eigenvalue weighted by atomic mass is 127. The summed E-state index contributed by atoms with van der Waals surface area (Å²) in [4.78, 5) is 0. The molecule has 1 saturated carbocycles. The molecule has 0 aromatic heterocycles. The SMILES string of the molecule is COC1CCCC(Nc2ccc(I)cc2)C1. The van der Waals surface area contributed by atoms with Gasteiger partial charge in [-0.15, -0.1) is 0 Å². The van der Waals surface area contributed by atoms with Crippen molar-refractivity contribution in [2.24, 2.45) is 0 Å². The van der Waals surface area contributed by atoms with Crippen LogP contribution < -0.4 is 5.32 Å². The van der Waals surface area contributed by atoms with E-state index in [2.05, 4.69) is 52.2 Å². The van der Waals surface area contributed by atoms with Gasteiger partial charge in [0.15, 0.2) is 0 Å². The first-order valence-electron chi connectivity index (χ1n) is 5.83. The second kappa shape index (κ2) is 5.87. The Morgan fingerprint density at radius 1 is 1.25 bits per heavy atom. The number of hydrogen-bond acceptors (Lipinski definition) is 2. The number of nitrogens with one attached hydrogen (secondary N) is 1. The van der Waals surface area contributed by atoms with Gasteiger partial charge in [0.2, 0.25) is 0 Å². The molecule has 1 aromatic rings. The highest BCUT2D eigenvalue weighted by Gasteiger charge is 2.21. The molecule has 2 unspecified atom stereocenters. The van der Waals surface area contributed by atoms with Gasteiger partial charge < -0.3 is 10.1 Å². The minimum absolute atomic E-state index is 0.440. The van der Waals surface area contributed by atoms with Gasteiger partial charge in [0.05, 0.1) is 6.10 Å². The van der Waals surface area contributed by atoms with E-state index in [0.29, 0.717) is 12.1 Å². The standard InChI is InChI=1S/C13H18INO/c1-16-13-4-2-3-12(9-13)15-11-7-5-10(14)6-8-11/h5-8,12-13,15H,2-4,9H2,1H3. The Bertz CT molecular complexity index is 325. The summed E-state index contributed by atoms with van der Waals surface area (Å²) < 4.78 is 6.72. The zero-order valence-corrected chi connectivity index (χ0v) is 11.7. The van der Waals surface area contributed by atoms with E-state index in [9.17, 15) is 0 Å². The molecule has 2 rings (SSSR count). The summed E-state index contributed by atoms with van der Waals surface area (Å²) in [7, 11) is 1.82. The maximum absolute atomic E-state index is 5.44. The number of rotatable bonds is 3. The Morgan fingerprint density at radius 3 is 2.69 bits per heavy atom. The fourth-order valence-corrected chi connectivity index (χ4v) is 2.63. The van der Waals surface area contributed by atoms with Crippen LogP contribution in [0.15, 0.2) is 24.3 Å². The van der Waals surface area contributed by atoms with Gasteiger partial charge in [-0.2, -0.15) is 0 Å². The van der Waals surface area contributed by atoms with Gasteiger partial charge in [-0.3, -0.25) is 0 Å². The maximum atomic E-state index is 5.44. The van der Waals surface area contributed by atoms with Gasteiger partial charge in [-0.1, -0.05) is 0 Å². The molecule has 1 N–H and O–H groups in total. The maximum Gasteiger partial charge on any atom is 0.0590 e. The summed E-state index contributed by atoms with van der Waals surface area (Å²) in [6.45, 7) is 0. The molecule has 1 fully saturated rings. The first kappa shape index (κ1) is 12.2. The Kier molecular flexibility index (Phi) is 4.46. The van der Waals surface area contributed by atoms with Gasteiger partial charge in [-0.25, -0.2) is 0 Å². The van der Waals surface area contributed by atoms with E-state index in [-0.39, 0.29) is 0 Å². The second-order valence-corrected chi connectivity index (χ2v) is 5.62. The topological polar surface area (TPSA) is 21.3 Å². The van der Waals surface area contributed by atoms with Crippen LogP contribution in [0.3, 0.4) is 0 Å².